The number of rotatable bonds is 29. The molecule has 0 bridgehead atoms. The number of unbranched alkanes of at least 4 members (excludes halogenated alkanes) is 5. The van der Waals surface area contributed by atoms with Crippen molar-refractivity contribution in [3.05, 3.63) is 29.8 Å². The first kappa shape index (κ1) is 82.5. The van der Waals surface area contributed by atoms with Gasteiger partial charge in [0.15, 0.2) is 0 Å². The minimum Gasteiger partial charge on any atom is -0.508 e. The lowest BCUT2D eigenvalue weighted by Crippen LogP contribution is -2.65. The average molecular weight is 1420 g/mol. The molecule has 1 aromatic rings. The van der Waals surface area contributed by atoms with Crippen molar-refractivity contribution >= 4 is 41.4 Å². The second-order valence-electron chi connectivity index (χ2n) is 27.1. The summed E-state index contributed by atoms with van der Waals surface area (Å²) in [6, 6.07) is -7.83. The Morgan fingerprint density at radius 2 is 1.15 bits per heavy atom. The number of aliphatic hydroxyl groups is 15. The molecule has 5 saturated heterocycles. The number of phenols is 1. The van der Waals surface area contributed by atoms with E-state index in [1.807, 2.05) is 0 Å². The summed E-state index contributed by atoms with van der Waals surface area (Å²) >= 11 is 0. The Balaban J connectivity index is 1.38. The van der Waals surface area contributed by atoms with Gasteiger partial charge in [0, 0.05) is 52.0 Å². The molecule has 564 valence electrons. The average Bonchev–Trinajstić information content (AvgIpc) is 1.73. The Bertz CT molecular complexity index is 2730. The number of amides is 7. The Morgan fingerprint density at radius 1 is 0.596 bits per heavy atom. The largest absolute Gasteiger partial charge is 0.508 e. The van der Waals surface area contributed by atoms with Gasteiger partial charge in [-0.15, -0.1) is 0 Å². The molecular weight excluding hydrogens is 1310 g/mol. The highest BCUT2D eigenvalue weighted by Crippen LogP contribution is 2.28. The Morgan fingerprint density at radius 3 is 1.75 bits per heavy atom. The molecule has 99 heavy (non-hydrogen) atoms. The number of carbonyl (C=O) groups excluding carboxylic acids is 7. The molecule has 1 unspecified atom stereocenters. The van der Waals surface area contributed by atoms with E-state index >= 15 is 9.59 Å². The summed E-state index contributed by atoms with van der Waals surface area (Å²) in [6.07, 6.45) is -26.5. The van der Waals surface area contributed by atoms with Crippen LogP contribution in [0.4, 0.5) is 0 Å². The van der Waals surface area contributed by atoms with Gasteiger partial charge in [-0.25, -0.2) is 0 Å². The van der Waals surface area contributed by atoms with Gasteiger partial charge in [0.2, 0.25) is 41.4 Å². The van der Waals surface area contributed by atoms with Crippen molar-refractivity contribution in [2.45, 2.75) is 264 Å². The normalized spacial score (nSPS) is 34.3. The lowest BCUT2D eigenvalue weighted by atomic mass is 9.91. The van der Waals surface area contributed by atoms with Crippen molar-refractivity contribution in [3.63, 3.8) is 0 Å². The fourth-order valence-corrected chi connectivity index (χ4v) is 13.2. The molecule has 26 atom stereocenters. The Kier molecular flexibility index (Phi) is 32.7. The molecule has 5 aliphatic rings. The van der Waals surface area contributed by atoms with Gasteiger partial charge < -0.3 is 128 Å². The van der Waals surface area contributed by atoms with Crippen LogP contribution in [0.3, 0.4) is 0 Å². The molecule has 0 aliphatic carbocycles. The van der Waals surface area contributed by atoms with Crippen LogP contribution in [-0.2, 0) is 43.0 Å². The van der Waals surface area contributed by atoms with Gasteiger partial charge >= 0.3 is 0 Å². The van der Waals surface area contributed by atoms with E-state index in [0.29, 0.717) is 24.7 Å². The maximum atomic E-state index is 15.3. The summed E-state index contributed by atoms with van der Waals surface area (Å²) in [5.41, 5.74) is -0.156. The summed E-state index contributed by atoms with van der Waals surface area (Å²) < 4.78 is 11.1. The lowest BCUT2D eigenvalue weighted by Gasteiger charge is -2.40. The quantitative estimate of drug-likeness (QED) is 0.0331. The first-order valence-electron chi connectivity index (χ1n) is 34.4. The molecule has 7 amide bonds. The van der Waals surface area contributed by atoms with Crippen LogP contribution in [-0.4, -0.2) is 319 Å². The first-order valence-corrected chi connectivity index (χ1v) is 34.4. The number of ether oxygens (including phenoxy) is 2. The standard InChI is InChI=1S/C64H108N10O25/c1-5-30(2)24-31(3)12-10-8-6-7-9-11-13-43(83)68-36-26-40(82)56(65-21-22-67-62-55(91)53(89)50(86)42(29-76)99-62)72-60(95)47-39(81)19-23-73(47)64(97)45(38(80)18-20-66-61-54(90)52(88)49(85)41(28-75)98-61)70-59(94)46(51(87)48(84)33-14-16-34(78)17-15-33)71-58(93)37-25-35(79)27-74(37)63(96)44(32(4)77)69-57(36)92/h14-17,30-32,35-42,44-56,61-62,65-67,75-82,84-91H,5-13,18-29H2,1-4H3,(H,68,83)(H,69,92)(H,70,94)(H,71,93)(H,72,95)/t30-,31+,32+,35+,36-,37-,38+,39-,40+,41+,42+,44-,45-,46-,47?,48-,49+,50+,51-,52-,53-,54+,55+,56-,61+,62+/m0/s1. The molecule has 35 heteroatoms. The van der Waals surface area contributed by atoms with Crippen LogP contribution in [0.2, 0.25) is 0 Å². The SMILES string of the molecule is CC[C@H](C)C[C@H](C)CCCCCCCCC(=O)N[C@H]1C[C@@H](O)[C@@H](NCCN[C@@H]2O[C@H](CO)[C@@H](O)[C@H](O)[C@H]2O)NC(=O)C2[C@@H](O)CCN2C(=O)[C@H]([C@H](O)CCN[C@@H]2O[C@H](CO)[C@@H](O)[C@H](O)[C@H]2O)NC(=O)[C@H]([C@H](O)[C@@H](O)c2ccc(O)cc2)NC(=O)[C@@H]2C[C@@H](O)CN2C(=O)[C@H]([C@@H](C)O)NC1=O. The summed E-state index contributed by atoms with van der Waals surface area (Å²) in [6.45, 7) is 3.91. The maximum absolute atomic E-state index is 15.3. The number of nitrogens with zero attached hydrogens (tertiary/aromatic N) is 2. The topological polar surface area (TPSA) is 564 Å². The number of nitrogens with one attached hydrogen (secondary N) is 8. The number of fused-ring (bicyclic) bond motifs is 2. The van der Waals surface area contributed by atoms with E-state index in [-0.39, 0.29) is 37.2 Å². The van der Waals surface area contributed by atoms with E-state index in [0.717, 1.165) is 85.9 Å². The van der Waals surface area contributed by atoms with Gasteiger partial charge in [-0.1, -0.05) is 77.8 Å². The molecule has 6 rings (SSSR count). The number of aromatic hydroxyl groups is 1. The van der Waals surface area contributed by atoms with E-state index < -0.39 is 240 Å². The van der Waals surface area contributed by atoms with Crippen molar-refractivity contribution in [3.8, 4) is 5.75 Å². The van der Waals surface area contributed by atoms with E-state index in [1.54, 1.807) is 0 Å². The number of phenolic OH excluding ortho intramolecular Hbond substituents is 1. The molecule has 5 fully saturated rings. The smallest absolute Gasteiger partial charge is 0.248 e. The van der Waals surface area contributed by atoms with E-state index in [4.69, 9.17) is 9.47 Å². The number of hydrogen-bond acceptors (Lipinski definition) is 28. The third kappa shape index (κ3) is 22.5. The van der Waals surface area contributed by atoms with Crippen LogP contribution >= 0.6 is 0 Å². The van der Waals surface area contributed by atoms with Crippen LogP contribution in [0, 0.1) is 11.8 Å². The molecule has 0 spiro atoms. The number of aliphatic hydroxyl groups excluding tert-OH is 15. The van der Waals surface area contributed by atoms with Gasteiger partial charge in [0.05, 0.1) is 43.7 Å². The summed E-state index contributed by atoms with van der Waals surface area (Å²) in [7, 11) is 0. The Hall–Kier alpha value is -5.49. The predicted octanol–water partition coefficient (Wildman–Crippen LogP) is -8.45. The van der Waals surface area contributed by atoms with Gasteiger partial charge in [-0.05, 0) is 62.1 Å². The minimum absolute atomic E-state index is 0.137. The highest BCUT2D eigenvalue weighted by molar-refractivity contribution is 5.98. The molecule has 1 aromatic carbocycles. The number of carbonyl (C=O) groups is 7. The van der Waals surface area contributed by atoms with Crippen LogP contribution < -0.4 is 42.5 Å². The second kappa shape index (κ2) is 39.2. The number of benzene rings is 1. The van der Waals surface area contributed by atoms with Gasteiger partial charge in [-0.2, -0.15) is 0 Å². The third-order valence-corrected chi connectivity index (χ3v) is 19.3. The van der Waals surface area contributed by atoms with Gasteiger partial charge in [0.1, 0.15) is 122 Å². The minimum atomic E-state index is -2.44. The summed E-state index contributed by atoms with van der Waals surface area (Å²) in [5.74, 6) is -7.63. The maximum Gasteiger partial charge on any atom is 0.248 e. The molecule has 24 N–H and O–H groups in total. The van der Waals surface area contributed by atoms with Crippen LogP contribution in [0.1, 0.15) is 129 Å². The van der Waals surface area contributed by atoms with Crippen molar-refractivity contribution in [2.24, 2.45) is 11.8 Å². The Labute approximate surface area is 574 Å². The first-order chi connectivity index (χ1) is 46.9. The molecule has 0 saturated carbocycles. The van der Waals surface area contributed by atoms with Crippen LogP contribution in [0.25, 0.3) is 0 Å². The van der Waals surface area contributed by atoms with E-state index in [1.165, 1.54) is 0 Å². The molecule has 0 aromatic heterocycles. The van der Waals surface area contributed by atoms with Crippen molar-refractivity contribution in [2.75, 3.05) is 45.9 Å². The highest BCUT2D eigenvalue weighted by Gasteiger charge is 2.50. The fraction of sp³-hybridized carbons (Fsp3) is 0.797. The van der Waals surface area contributed by atoms with E-state index in [9.17, 15) is 106 Å². The van der Waals surface area contributed by atoms with Gasteiger partial charge in [-0.3, -0.25) is 49.5 Å². The fourth-order valence-electron chi connectivity index (χ4n) is 13.2. The highest BCUT2D eigenvalue weighted by atomic mass is 16.6. The molecule has 0 radical (unpaired) electrons. The van der Waals surface area contributed by atoms with Crippen molar-refractivity contribution < 1.29 is 125 Å². The van der Waals surface area contributed by atoms with Crippen molar-refractivity contribution in [1.82, 2.24) is 52.3 Å². The third-order valence-electron chi connectivity index (χ3n) is 19.3. The van der Waals surface area contributed by atoms with Crippen LogP contribution in [0.15, 0.2) is 24.3 Å². The zero-order valence-electron chi connectivity index (χ0n) is 56.4. The predicted molar refractivity (Wildman–Crippen MR) is 346 cm³/mol. The molecular formula is C64H108N10O25. The van der Waals surface area contributed by atoms with E-state index in [2.05, 4.69) is 63.3 Å². The zero-order valence-corrected chi connectivity index (χ0v) is 56.4. The number of hydrogen-bond donors (Lipinski definition) is 24. The lowest BCUT2D eigenvalue weighted by molar-refractivity contribution is -0.236. The zero-order chi connectivity index (χ0) is 73.1. The molecule has 5 heterocycles. The monoisotopic (exact) mass is 1420 g/mol. The van der Waals surface area contributed by atoms with Crippen LogP contribution in [0.5, 0.6) is 5.75 Å². The summed E-state index contributed by atoms with van der Waals surface area (Å²) in [4.78, 5) is 105. The second-order valence-corrected chi connectivity index (χ2v) is 27.1. The molecule has 5 aliphatic heterocycles. The summed E-state index contributed by atoms with van der Waals surface area (Å²) in [5, 5.41) is 195. The van der Waals surface area contributed by atoms with Crippen molar-refractivity contribution in [1.29, 1.82) is 0 Å². The van der Waals surface area contributed by atoms with Gasteiger partial charge in [0.25, 0.3) is 0 Å². The molecule has 35 nitrogen and oxygen atoms in total.